The Hall–Kier alpha value is -2.36. The first kappa shape index (κ1) is 23.9. The summed E-state index contributed by atoms with van der Waals surface area (Å²) in [5.41, 5.74) is 3.84. The molecular weight excluding hydrogens is 372 g/mol. The van der Waals surface area contributed by atoms with Gasteiger partial charge >= 0.3 is 0 Å². The Morgan fingerprint density at radius 2 is 1.03 bits per heavy atom. The molecule has 0 atom stereocenters. The number of ether oxygens (including phenoxy) is 2. The van der Waals surface area contributed by atoms with Crippen molar-refractivity contribution >= 4 is 11.4 Å². The topological polar surface area (TPSA) is 43.2 Å². The van der Waals surface area contributed by atoms with E-state index in [1.807, 2.05) is 36.4 Å². The second-order valence-corrected chi connectivity index (χ2v) is 7.92. The molecule has 2 aromatic carbocycles. The first-order valence-corrected chi connectivity index (χ1v) is 11.5. The maximum Gasteiger partial charge on any atom is 0.122 e. The summed E-state index contributed by atoms with van der Waals surface area (Å²) < 4.78 is 11.8. The Morgan fingerprint density at radius 3 is 1.40 bits per heavy atom. The molecular formula is C26H38N2O2. The molecule has 0 amide bonds. The molecule has 0 N–H and O–H groups in total. The van der Waals surface area contributed by atoms with E-state index >= 15 is 0 Å². The van der Waals surface area contributed by atoms with E-state index in [9.17, 15) is 0 Å². The Bertz CT molecular complexity index is 721. The summed E-state index contributed by atoms with van der Waals surface area (Å²) in [5, 5.41) is 8.79. The Balaban J connectivity index is 1.87. The van der Waals surface area contributed by atoms with Gasteiger partial charge in [-0.05, 0) is 74.2 Å². The highest BCUT2D eigenvalue weighted by Crippen LogP contribution is 2.28. The van der Waals surface area contributed by atoms with Crippen LogP contribution in [-0.2, 0) is 0 Å². The van der Waals surface area contributed by atoms with E-state index in [-0.39, 0.29) is 0 Å². The van der Waals surface area contributed by atoms with Crippen molar-refractivity contribution in [2.75, 3.05) is 13.2 Å². The van der Waals surface area contributed by atoms with E-state index in [1.165, 1.54) is 38.5 Å². The SMILES string of the molecule is CCCCCCOc1ccc(N=Nc2ccc(OCCCCCC)c(C)c2)cc1C. The van der Waals surface area contributed by atoms with E-state index in [4.69, 9.17) is 9.47 Å². The number of rotatable bonds is 14. The number of benzene rings is 2. The molecule has 0 unspecified atom stereocenters. The molecule has 0 radical (unpaired) electrons. The first-order chi connectivity index (χ1) is 14.6. The van der Waals surface area contributed by atoms with Gasteiger partial charge in [-0.1, -0.05) is 52.4 Å². The molecule has 2 rings (SSSR count). The molecule has 30 heavy (non-hydrogen) atoms. The van der Waals surface area contributed by atoms with E-state index in [0.29, 0.717) is 0 Å². The Labute approximate surface area is 182 Å². The van der Waals surface area contributed by atoms with Crippen LogP contribution in [0.4, 0.5) is 11.4 Å². The van der Waals surface area contributed by atoms with Crippen LogP contribution in [0.1, 0.15) is 76.3 Å². The average molecular weight is 411 g/mol. The number of unbranched alkanes of at least 4 members (excludes halogenated alkanes) is 6. The van der Waals surface area contributed by atoms with Crippen molar-refractivity contribution in [2.45, 2.75) is 79.1 Å². The third-order valence-corrected chi connectivity index (χ3v) is 5.11. The lowest BCUT2D eigenvalue weighted by Crippen LogP contribution is -1.98. The van der Waals surface area contributed by atoms with Crippen molar-refractivity contribution in [3.05, 3.63) is 47.5 Å². The van der Waals surface area contributed by atoms with Crippen LogP contribution in [0.3, 0.4) is 0 Å². The second-order valence-electron chi connectivity index (χ2n) is 7.92. The zero-order valence-corrected chi connectivity index (χ0v) is 19.2. The van der Waals surface area contributed by atoms with Gasteiger partial charge in [0.05, 0.1) is 24.6 Å². The first-order valence-electron chi connectivity index (χ1n) is 11.5. The lowest BCUT2D eigenvalue weighted by atomic mass is 10.2. The lowest BCUT2D eigenvalue weighted by molar-refractivity contribution is 0.303. The van der Waals surface area contributed by atoms with Gasteiger partial charge in [0.2, 0.25) is 0 Å². The van der Waals surface area contributed by atoms with Gasteiger partial charge in [0.25, 0.3) is 0 Å². The van der Waals surface area contributed by atoms with Crippen molar-refractivity contribution < 1.29 is 9.47 Å². The van der Waals surface area contributed by atoms with Crippen LogP contribution in [-0.4, -0.2) is 13.2 Å². The molecule has 4 heteroatoms. The molecule has 4 nitrogen and oxygen atoms in total. The highest BCUT2D eigenvalue weighted by molar-refractivity contribution is 5.49. The molecule has 164 valence electrons. The minimum absolute atomic E-state index is 0.772. The smallest absolute Gasteiger partial charge is 0.122 e. The number of aryl methyl sites for hydroxylation is 2. The van der Waals surface area contributed by atoms with Gasteiger partial charge in [-0.2, -0.15) is 10.2 Å². The summed E-state index contributed by atoms with van der Waals surface area (Å²) >= 11 is 0. The second kappa shape index (κ2) is 13.8. The summed E-state index contributed by atoms with van der Waals surface area (Å²) in [4.78, 5) is 0. The fourth-order valence-electron chi connectivity index (χ4n) is 3.25. The third kappa shape index (κ3) is 8.56. The van der Waals surface area contributed by atoms with Crippen molar-refractivity contribution in [1.29, 1.82) is 0 Å². The number of hydrogen-bond acceptors (Lipinski definition) is 4. The minimum Gasteiger partial charge on any atom is -0.493 e. The number of azo groups is 1. The summed E-state index contributed by atoms with van der Waals surface area (Å²) in [7, 11) is 0. The van der Waals surface area contributed by atoms with Crippen LogP contribution < -0.4 is 9.47 Å². The predicted octanol–water partition coefficient (Wildman–Crippen LogP) is 8.64. The highest BCUT2D eigenvalue weighted by Gasteiger charge is 2.03. The lowest BCUT2D eigenvalue weighted by Gasteiger charge is -2.10. The molecule has 0 aromatic heterocycles. The van der Waals surface area contributed by atoms with E-state index in [2.05, 4.69) is 37.9 Å². The molecule has 0 aliphatic rings. The van der Waals surface area contributed by atoms with Gasteiger partial charge in [-0.3, -0.25) is 0 Å². The van der Waals surface area contributed by atoms with Crippen LogP contribution in [0.25, 0.3) is 0 Å². The van der Waals surface area contributed by atoms with Gasteiger partial charge in [0, 0.05) is 0 Å². The molecule has 0 bridgehead atoms. The fourth-order valence-corrected chi connectivity index (χ4v) is 3.25. The van der Waals surface area contributed by atoms with E-state index in [0.717, 1.165) is 60.1 Å². The summed E-state index contributed by atoms with van der Waals surface area (Å²) in [5.74, 6) is 1.86. The Morgan fingerprint density at radius 1 is 0.600 bits per heavy atom. The molecule has 0 saturated carbocycles. The van der Waals surface area contributed by atoms with Crippen LogP contribution >= 0.6 is 0 Å². The quantitative estimate of drug-likeness (QED) is 0.231. The van der Waals surface area contributed by atoms with Crippen LogP contribution in [0.2, 0.25) is 0 Å². The molecule has 0 heterocycles. The molecule has 0 spiro atoms. The van der Waals surface area contributed by atoms with Gasteiger partial charge in [0.15, 0.2) is 0 Å². The van der Waals surface area contributed by atoms with Gasteiger partial charge in [0.1, 0.15) is 11.5 Å². The third-order valence-electron chi connectivity index (χ3n) is 5.11. The number of nitrogens with zero attached hydrogens (tertiary/aromatic N) is 2. The average Bonchev–Trinajstić information content (AvgIpc) is 2.74. The number of hydrogen-bond donors (Lipinski definition) is 0. The molecule has 0 aliphatic carbocycles. The van der Waals surface area contributed by atoms with Crippen molar-refractivity contribution in [1.82, 2.24) is 0 Å². The van der Waals surface area contributed by atoms with Crippen LogP contribution in [0.15, 0.2) is 46.6 Å². The standard InChI is InChI=1S/C26H38N2O2/c1-5-7-9-11-17-29-25-15-13-23(19-21(25)3)27-28-24-14-16-26(22(4)20-24)30-18-12-10-8-6-2/h13-16,19-20H,5-12,17-18H2,1-4H3. The largest absolute Gasteiger partial charge is 0.493 e. The monoisotopic (exact) mass is 410 g/mol. The summed E-state index contributed by atoms with van der Waals surface area (Å²) in [6.07, 6.45) is 9.69. The zero-order valence-electron chi connectivity index (χ0n) is 19.2. The Kier molecular flexibility index (Phi) is 11.0. The van der Waals surface area contributed by atoms with Crippen LogP contribution in [0.5, 0.6) is 11.5 Å². The van der Waals surface area contributed by atoms with Crippen molar-refractivity contribution in [2.24, 2.45) is 10.2 Å². The maximum atomic E-state index is 5.90. The predicted molar refractivity (Wildman–Crippen MR) is 126 cm³/mol. The maximum absolute atomic E-state index is 5.90. The molecule has 0 aliphatic heterocycles. The summed E-state index contributed by atoms with van der Waals surface area (Å²) in [6, 6.07) is 11.9. The molecule has 0 saturated heterocycles. The highest BCUT2D eigenvalue weighted by atomic mass is 16.5. The van der Waals surface area contributed by atoms with Crippen molar-refractivity contribution in [3.63, 3.8) is 0 Å². The fraction of sp³-hybridized carbons (Fsp3) is 0.538. The minimum atomic E-state index is 0.772. The zero-order chi connectivity index (χ0) is 21.6. The van der Waals surface area contributed by atoms with Crippen LogP contribution in [0, 0.1) is 13.8 Å². The van der Waals surface area contributed by atoms with Gasteiger partial charge in [-0.25, -0.2) is 0 Å². The molecule has 2 aromatic rings. The normalized spacial score (nSPS) is 11.2. The summed E-state index contributed by atoms with van der Waals surface area (Å²) in [6.45, 7) is 10.1. The molecule has 0 fully saturated rings. The van der Waals surface area contributed by atoms with E-state index < -0.39 is 0 Å². The van der Waals surface area contributed by atoms with E-state index in [1.54, 1.807) is 0 Å². The van der Waals surface area contributed by atoms with Crippen molar-refractivity contribution in [3.8, 4) is 11.5 Å². The van der Waals surface area contributed by atoms with Gasteiger partial charge < -0.3 is 9.47 Å². The van der Waals surface area contributed by atoms with Gasteiger partial charge in [-0.15, -0.1) is 0 Å².